The first-order chi connectivity index (χ1) is 14.2. The van der Waals surface area contributed by atoms with Crippen LogP contribution in [0.2, 0.25) is 0 Å². The van der Waals surface area contributed by atoms with Crippen LogP contribution in [0.3, 0.4) is 0 Å². The van der Waals surface area contributed by atoms with Crippen molar-refractivity contribution in [3.63, 3.8) is 0 Å². The van der Waals surface area contributed by atoms with Crippen LogP contribution in [0.5, 0.6) is 11.5 Å². The molecule has 0 atom stereocenters. The van der Waals surface area contributed by atoms with E-state index in [1.54, 1.807) is 20.5 Å². The quantitative estimate of drug-likeness (QED) is 0.619. The van der Waals surface area contributed by atoms with E-state index in [4.69, 9.17) is 26.1 Å². The molecule has 1 fully saturated rings. The van der Waals surface area contributed by atoms with E-state index in [9.17, 15) is 0 Å². The molecule has 1 heterocycles. The Morgan fingerprint density at radius 2 is 1.83 bits per heavy atom. The molecule has 0 saturated heterocycles. The maximum Gasteiger partial charge on any atom is 0.169 e. The van der Waals surface area contributed by atoms with Gasteiger partial charge in [0.15, 0.2) is 5.11 Å². The average molecular weight is 417 g/mol. The van der Waals surface area contributed by atoms with Crippen LogP contribution in [0.4, 0.5) is 0 Å². The summed E-state index contributed by atoms with van der Waals surface area (Å²) in [4.78, 5) is 2.14. The molecular formula is C23H32N2O3S. The Balaban J connectivity index is 1.76. The van der Waals surface area contributed by atoms with Gasteiger partial charge in [0.1, 0.15) is 17.3 Å². The first-order valence-corrected chi connectivity index (χ1v) is 10.9. The monoisotopic (exact) mass is 416 g/mol. The average Bonchev–Trinajstić information content (AvgIpc) is 3.22. The lowest BCUT2D eigenvalue weighted by atomic mass is 9.97. The van der Waals surface area contributed by atoms with Crippen molar-refractivity contribution in [1.82, 2.24) is 10.2 Å². The SMILES string of the molecule is COc1ccc(OC)c(CN(Cc2ccco2)C(=S)NC2CCCCCCC2)c1. The smallest absolute Gasteiger partial charge is 0.169 e. The number of nitrogens with zero attached hydrogens (tertiary/aromatic N) is 1. The van der Waals surface area contributed by atoms with E-state index in [1.165, 1.54) is 44.9 Å². The highest BCUT2D eigenvalue weighted by molar-refractivity contribution is 7.80. The molecule has 1 aromatic carbocycles. The molecule has 0 amide bonds. The number of methoxy groups -OCH3 is 2. The van der Waals surface area contributed by atoms with Crippen molar-refractivity contribution in [3.8, 4) is 11.5 Å². The second-order valence-electron chi connectivity index (χ2n) is 7.60. The zero-order chi connectivity index (χ0) is 20.5. The van der Waals surface area contributed by atoms with Gasteiger partial charge in [-0.15, -0.1) is 0 Å². The summed E-state index contributed by atoms with van der Waals surface area (Å²) >= 11 is 5.85. The summed E-state index contributed by atoms with van der Waals surface area (Å²) in [6.07, 6.45) is 10.6. The minimum absolute atomic E-state index is 0.439. The van der Waals surface area contributed by atoms with E-state index in [-0.39, 0.29) is 0 Å². The molecule has 1 aliphatic rings. The van der Waals surface area contributed by atoms with E-state index < -0.39 is 0 Å². The van der Waals surface area contributed by atoms with Crippen LogP contribution in [0.15, 0.2) is 41.0 Å². The Hall–Kier alpha value is -2.21. The van der Waals surface area contributed by atoms with E-state index in [0.29, 0.717) is 19.1 Å². The number of hydrogen-bond donors (Lipinski definition) is 1. The van der Waals surface area contributed by atoms with Crippen LogP contribution in [-0.2, 0) is 13.1 Å². The Morgan fingerprint density at radius 1 is 1.07 bits per heavy atom. The lowest BCUT2D eigenvalue weighted by molar-refractivity contribution is 0.329. The molecule has 1 aromatic heterocycles. The molecule has 3 rings (SSSR count). The second-order valence-corrected chi connectivity index (χ2v) is 7.99. The first kappa shape index (κ1) is 21.5. The molecule has 1 aliphatic carbocycles. The molecule has 0 unspecified atom stereocenters. The van der Waals surface area contributed by atoms with Gasteiger partial charge in [0.05, 0.1) is 27.0 Å². The van der Waals surface area contributed by atoms with Crippen molar-refractivity contribution in [2.75, 3.05) is 14.2 Å². The van der Waals surface area contributed by atoms with Gasteiger partial charge in [-0.25, -0.2) is 0 Å². The molecule has 1 N–H and O–H groups in total. The lowest BCUT2D eigenvalue weighted by Crippen LogP contribution is -2.44. The Morgan fingerprint density at radius 3 is 2.48 bits per heavy atom. The fraction of sp³-hybridized carbons (Fsp3) is 0.522. The molecule has 158 valence electrons. The fourth-order valence-corrected chi connectivity index (χ4v) is 4.16. The highest BCUT2D eigenvalue weighted by atomic mass is 32.1. The number of nitrogens with one attached hydrogen (secondary N) is 1. The number of benzene rings is 1. The third-order valence-electron chi connectivity index (χ3n) is 5.50. The molecule has 29 heavy (non-hydrogen) atoms. The number of hydrogen-bond acceptors (Lipinski definition) is 4. The van der Waals surface area contributed by atoms with Gasteiger partial charge in [0, 0.05) is 18.2 Å². The summed E-state index contributed by atoms with van der Waals surface area (Å²) in [5.74, 6) is 2.51. The molecule has 2 aromatic rings. The zero-order valence-corrected chi connectivity index (χ0v) is 18.3. The van der Waals surface area contributed by atoms with E-state index in [1.807, 2.05) is 30.3 Å². The molecular weight excluding hydrogens is 384 g/mol. The van der Waals surface area contributed by atoms with Crippen LogP contribution in [0.1, 0.15) is 56.3 Å². The summed E-state index contributed by atoms with van der Waals surface area (Å²) in [6, 6.07) is 10.2. The van der Waals surface area contributed by atoms with Gasteiger partial charge in [-0.1, -0.05) is 32.1 Å². The van der Waals surface area contributed by atoms with Crippen LogP contribution in [-0.4, -0.2) is 30.3 Å². The van der Waals surface area contributed by atoms with Crippen molar-refractivity contribution < 1.29 is 13.9 Å². The summed E-state index contributed by atoms with van der Waals surface area (Å²) < 4.78 is 16.6. The number of furan rings is 1. The Bertz CT molecular complexity index is 755. The minimum Gasteiger partial charge on any atom is -0.497 e. The van der Waals surface area contributed by atoms with Gasteiger partial charge in [0.25, 0.3) is 0 Å². The largest absolute Gasteiger partial charge is 0.497 e. The summed E-state index contributed by atoms with van der Waals surface area (Å²) in [5.41, 5.74) is 1.03. The molecule has 0 bridgehead atoms. The molecule has 0 aliphatic heterocycles. The van der Waals surface area contributed by atoms with Gasteiger partial charge >= 0.3 is 0 Å². The summed E-state index contributed by atoms with van der Waals surface area (Å²) in [7, 11) is 3.36. The highest BCUT2D eigenvalue weighted by Gasteiger charge is 2.19. The standard InChI is InChI=1S/C23H32N2O3S/c1-26-20-12-13-22(27-2)18(15-20)16-25(17-21-11-8-14-28-21)23(29)24-19-9-6-4-3-5-7-10-19/h8,11-15,19H,3-7,9-10,16-17H2,1-2H3,(H,24,29). The predicted molar refractivity (Wildman–Crippen MR) is 119 cm³/mol. The third kappa shape index (κ3) is 6.39. The zero-order valence-electron chi connectivity index (χ0n) is 17.5. The maximum absolute atomic E-state index is 5.85. The number of rotatable bonds is 7. The fourth-order valence-electron chi connectivity index (χ4n) is 3.87. The van der Waals surface area contributed by atoms with Gasteiger partial charge in [-0.2, -0.15) is 0 Å². The van der Waals surface area contributed by atoms with Crippen molar-refractivity contribution in [2.45, 2.75) is 64.1 Å². The lowest BCUT2D eigenvalue weighted by Gasteiger charge is -2.30. The van der Waals surface area contributed by atoms with Crippen molar-refractivity contribution in [3.05, 3.63) is 47.9 Å². The normalized spacial score (nSPS) is 15.2. The summed E-state index contributed by atoms with van der Waals surface area (Å²) in [6.45, 7) is 1.21. The predicted octanol–water partition coefficient (Wildman–Crippen LogP) is 5.29. The number of thiocarbonyl (C=S) groups is 1. The molecule has 1 saturated carbocycles. The topological polar surface area (TPSA) is 46.9 Å². The first-order valence-electron chi connectivity index (χ1n) is 10.5. The van der Waals surface area contributed by atoms with Crippen molar-refractivity contribution in [1.29, 1.82) is 0 Å². The Kier molecular flexibility index (Phi) is 8.23. The van der Waals surface area contributed by atoms with Crippen LogP contribution in [0.25, 0.3) is 0 Å². The van der Waals surface area contributed by atoms with E-state index in [2.05, 4.69) is 10.2 Å². The minimum atomic E-state index is 0.439. The summed E-state index contributed by atoms with van der Waals surface area (Å²) in [5, 5.41) is 4.39. The van der Waals surface area contributed by atoms with Crippen molar-refractivity contribution in [2.24, 2.45) is 0 Å². The Labute approximate surface area is 179 Å². The van der Waals surface area contributed by atoms with E-state index in [0.717, 1.165) is 27.9 Å². The van der Waals surface area contributed by atoms with Gasteiger partial charge in [-0.05, 0) is 55.4 Å². The van der Waals surface area contributed by atoms with Crippen molar-refractivity contribution >= 4 is 17.3 Å². The van der Waals surface area contributed by atoms with Crippen LogP contribution < -0.4 is 14.8 Å². The van der Waals surface area contributed by atoms with Gasteiger partial charge in [0.2, 0.25) is 0 Å². The number of ether oxygens (including phenoxy) is 2. The van der Waals surface area contributed by atoms with E-state index >= 15 is 0 Å². The van der Waals surface area contributed by atoms with Gasteiger partial charge < -0.3 is 24.1 Å². The van der Waals surface area contributed by atoms with Crippen LogP contribution >= 0.6 is 12.2 Å². The molecule has 0 spiro atoms. The third-order valence-corrected chi connectivity index (χ3v) is 5.87. The second kappa shape index (κ2) is 11.1. The van der Waals surface area contributed by atoms with Gasteiger partial charge in [-0.3, -0.25) is 0 Å². The van der Waals surface area contributed by atoms with Crippen LogP contribution in [0, 0.1) is 0 Å². The molecule has 0 radical (unpaired) electrons. The molecule has 6 heteroatoms. The maximum atomic E-state index is 5.85. The highest BCUT2D eigenvalue weighted by Crippen LogP contribution is 2.26. The molecule has 5 nitrogen and oxygen atoms in total.